The van der Waals surface area contributed by atoms with Crippen LogP contribution in [0.5, 0.6) is 0 Å². The number of carbonyl (C=O) groups excluding carboxylic acids is 1. The van der Waals surface area contributed by atoms with Gasteiger partial charge in [0.25, 0.3) is 0 Å². The van der Waals surface area contributed by atoms with Crippen LogP contribution in [0.2, 0.25) is 0 Å². The third-order valence-electron chi connectivity index (χ3n) is 3.48. The first-order valence-electron chi connectivity index (χ1n) is 7.17. The molecule has 0 radical (unpaired) electrons. The van der Waals surface area contributed by atoms with Gasteiger partial charge in [-0.1, -0.05) is 45.4 Å². The van der Waals surface area contributed by atoms with Crippen molar-refractivity contribution in [2.45, 2.75) is 39.7 Å². The Balaban J connectivity index is 2.58. The van der Waals surface area contributed by atoms with Crippen LogP contribution in [0.3, 0.4) is 0 Å². The van der Waals surface area contributed by atoms with Crippen LogP contribution in [0.1, 0.15) is 45.3 Å². The molecule has 0 heterocycles. The molecule has 2 atom stereocenters. The smallest absolute Gasteiger partial charge is 0.223 e. The number of hydrogen-bond acceptors (Lipinski definition) is 2. The normalized spacial score (nSPS) is 14.1. The number of amides is 1. The fraction of sp³-hybridized carbons (Fsp3) is 0.562. The fourth-order valence-corrected chi connectivity index (χ4v) is 2.26. The van der Waals surface area contributed by atoms with Crippen molar-refractivity contribution in [1.82, 2.24) is 5.32 Å². The number of aliphatic hydroxyl groups excluding tert-OH is 1. The lowest BCUT2D eigenvalue weighted by molar-refractivity contribution is -0.127. The van der Waals surface area contributed by atoms with Crippen LogP contribution in [-0.4, -0.2) is 17.6 Å². The van der Waals surface area contributed by atoms with E-state index in [1.54, 1.807) is 12.1 Å². The molecule has 4 heteroatoms. The average Bonchev–Trinajstić information content (AvgIpc) is 2.42. The minimum Gasteiger partial charge on any atom is -0.386 e. The predicted octanol–water partition coefficient (Wildman–Crippen LogP) is 3.05. The van der Waals surface area contributed by atoms with E-state index in [1.165, 1.54) is 12.1 Å². The Morgan fingerprint density at radius 1 is 1.35 bits per heavy atom. The highest BCUT2D eigenvalue weighted by Crippen LogP contribution is 2.19. The lowest BCUT2D eigenvalue weighted by Crippen LogP contribution is -2.36. The molecule has 1 aromatic rings. The molecule has 1 amide bonds. The number of nitrogens with one attached hydrogen (secondary N) is 1. The summed E-state index contributed by atoms with van der Waals surface area (Å²) >= 11 is 0. The molecule has 20 heavy (non-hydrogen) atoms. The van der Waals surface area contributed by atoms with E-state index in [0.717, 1.165) is 12.8 Å². The van der Waals surface area contributed by atoms with E-state index in [4.69, 9.17) is 0 Å². The molecular weight excluding hydrogens is 257 g/mol. The zero-order valence-corrected chi connectivity index (χ0v) is 12.4. The summed E-state index contributed by atoms with van der Waals surface area (Å²) in [5, 5.41) is 12.7. The van der Waals surface area contributed by atoms with Gasteiger partial charge in [-0.15, -0.1) is 0 Å². The second kappa shape index (κ2) is 8.00. The molecule has 1 rings (SSSR count). The Morgan fingerprint density at radius 2 is 2.00 bits per heavy atom. The van der Waals surface area contributed by atoms with Gasteiger partial charge in [0.2, 0.25) is 5.91 Å². The summed E-state index contributed by atoms with van der Waals surface area (Å²) in [6.45, 7) is 6.09. The van der Waals surface area contributed by atoms with Gasteiger partial charge in [0.15, 0.2) is 0 Å². The number of aliphatic hydroxyl groups is 1. The Morgan fingerprint density at radius 3 is 2.55 bits per heavy atom. The maximum absolute atomic E-state index is 13.5. The molecule has 3 nitrogen and oxygen atoms in total. The van der Waals surface area contributed by atoms with E-state index >= 15 is 0 Å². The van der Waals surface area contributed by atoms with E-state index in [9.17, 15) is 14.3 Å². The largest absolute Gasteiger partial charge is 0.386 e. The second-order valence-corrected chi connectivity index (χ2v) is 5.42. The molecule has 0 aliphatic carbocycles. The molecule has 0 saturated heterocycles. The van der Waals surface area contributed by atoms with Crippen LogP contribution < -0.4 is 5.32 Å². The van der Waals surface area contributed by atoms with Gasteiger partial charge >= 0.3 is 0 Å². The fourth-order valence-electron chi connectivity index (χ4n) is 2.26. The molecule has 1 aromatic carbocycles. The number of carbonyl (C=O) groups is 1. The van der Waals surface area contributed by atoms with Crippen molar-refractivity contribution in [3.8, 4) is 0 Å². The highest BCUT2D eigenvalue weighted by atomic mass is 19.1. The highest BCUT2D eigenvalue weighted by molar-refractivity contribution is 5.78. The molecule has 0 bridgehead atoms. The molecule has 0 fully saturated rings. The Kier molecular flexibility index (Phi) is 6.65. The predicted molar refractivity (Wildman–Crippen MR) is 77.6 cm³/mol. The van der Waals surface area contributed by atoms with Crippen molar-refractivity contribution in [3.63, 3.8) is 0 Å². The first-order valence-corrected chi connectivity index (χ1v) is 7.17. The van der Waals surface area contributed by atoms with Crippen molar-refractivity contribution in [1.29, 1.82) is 0 Å². The molecule has 0 saturated carbocycles. The van der Waals surface area contributed by atoms with Gasteiger partial charge in [0.1, 0.15) is 5.82 Å². The molecule has 0 aliphatic heterocycles. The van der Waals surface area contributed by atoms with Gasteiger partial charge in [-0.25, -0.2) is 4.39 Å². The van der Waals surface area contributed by atoms with Crippen LogP contribution in [0.15, 0.2) is 24.3 Å². The zero-order valence-electron chi connectivity index (χ0n) is 12.4. The average molecular weight is 281 g/mol. The molecular formula is C16H24FNO2. The summed E-state index contributed by atoms with van der Waals surface area (Å²) in [7, 11) is 0. The number of rotatable bonds is 7. The van der Waals surface area contributed by atoms with Gasteiger partial charge in [-0.05, 0) is 18.4 Å². The molecule has 2 unspecified atom stereocenters. The highest BCUT2D eigenvalue weighted by Gasteiger charge is 2.22. The van der Waals surface area contributed by atoms with Gasteiger partial charge in [-0.3, -0.25) is 4.79 Å². The van der Waals surface area contributed by atoms with Crippen LogP contribution in [0.25, 0.3) is 0 Å². The summed E-state index contributed by atoms with van der Waals surface area (Å²) in [6.07, 6.45) is 0.736. The first kappa shape index (κ1) is 16.6. The summed E-state index contributed by atoms with van der Waals surface area (Å²) < 4.78 is 13.5. The summed E-state index contributed by atoms with van der Waals surface area (Å²) in [4.78, 5) is 12.1. The van der Waals surface area contributed by atoms with Gasteiger partial charge in [-0.2, -0.15) is 0 Å². The van der Waals surface area contributed by atoms with E-state index < -0.39 is 11.9 Å². The maximum Gasteiger partial charge on any atom is 0.223 e. The molecule has 0 aromatic heterocycles. The van der Waals surface area contributed by atoms with Gasteiger partial charge < -0.3 is 10.4 Å². The van der Waals surface area contributed by atoms with Crippen molar-refractivity contribution in [3.05, 3.63) is 35.6 Å². The standard InChI is InChI=1S/C16H24FNO2/c1-4-7-12(11(2)3)16(20)18-10-15(19)13-8-5-6-9-14(13)17/h5-6,8-9,11-12,15,19H,4,7,10H2,1-3H3,(H,18,20). The molecule has 112 valence electrons. The third-order valence-corrected chi connectivity index (χ3v) is 3.48. The molecule has 2 N–H and O–H groups in total. The number of benzene rings is 1. The minimum absolute atomic E-state index is 0.0344. The summed E-state index contributed by atoms with van der Waals surface area (Å²) in [5.74, 6) is -0.339. The minimum atomic E-state index is -1.02. The molecule has 0 aliphatic rings. The topological polar surface area (TPSA) is 49.3 Å². The lowest BCUT2D eigenvalue weighted by atomic mass is 9.90. The summed E-state index contributed by atoms with van der Waals surface area (Å²) in [6, 6.07) is 6.06. The van der Waals surface area contributed by atoms with Crippen molar-refractivity contribution in [2.24, 2.45) is 11.8 Å². The van der Waals surface area contributed by atoms with E-state index in [2.05, 4.69) is 5.32 Å². The van der Waals surface area contributed by atoms with Crippen LogP contribution in [-0.2, 0) is 4.79 Å². The Hall–Kier alpha value is -1.42. The quantitative estimate of drug-likeness (QED) is 0.807. The maximum atomic E-state index is 13.5. The number of halogens is 1. The lowest BCUT2D eigenvalue weighted by Gasteiger charge is -2.21. The van der Waals surface area contributed by atoms with Gasteiger partial charge in [0.05, 0.1) is 6.10 Å². The SMILES string of the molecule is CCCC(C(=O)NCC(O)c1ccccc1F)C(C)C. The van der Waals surface area contributed by atoms with E-state index in [-0.39, 0.29) is 29.9 Å². The summed E-state index contributed by atoms with van der Waals surface area (Å²) in [5.41, 5.74) is 0.212. The van der Waals surface area contributed by atoms with Crippen molar-refractivity contribution in [2.75, 3.05) is 6.54 Å². The zero-order chi connectivity index (χ0) is 15.1. The second-order valence-electron chi connectivity index (χ2n) is 5.42. The van der Waals surface area contributed by atoms with Crippen LogP contribution in [0, 0.1) is 17.7 Å². The van der Waals surface area contributed by atoms with Crippen molar-refractivity contribution >= 4 is 5.91 Å². The van der Waals surface area contributed by atoms with E-state index in [0.29, 0.717) is 0 Å². The van der Waals surface area contributed by atoms with Crippen molar-refractivity contribution < 1.29 is 14.3 Å². The monoisotopic (exact) mass is 281 g/mol. The van der Waals surface area contributed by atoms with Crippen LogP contribution >= 0.6 is 0 Å². The Bertz CT molecular complexity index is 434. The van der Waals surface area contributed by atoms with E-state index in [1.807, 2.05) is 20.8 Å². The third kappa shape index (κ3) is 4.60. The Labute approximate surface area is 120 Å². The molecule has 0 spiro atoms. The van der Waals surface area contributed by atoms with Gasteiger partial charge in [0, 0.05) is 18.0 Å². The van der Waals surface area contributed by atoms with Crippen LogP contribution in [0.4, 0.5) is 4.39 Å². The first-order chi connectivity index (χ1) is 9.47. The number of hydrogen-bond donors (Lipinski definition) is 2.